The summed E-state index contributed by atoms with van der Waals surface area (Å²) in [6.45, 7) is 10.1. The summed E-state index contributed by atoms with van der Waals surface area (Å²) in [5, 5.41) is 12.6. The number of aromatic nitrogens is 3. The number of fused-ring (bicyclic) bond motifs is 5. The quantitative estimate of drug-likeness (QED) is 0.449. The van der Waals surface area contributed by atoms with E-state index in [0.29, 0.717) is 12.6 Å². The van der Waals surface area contributed by atoms with Crippen LogP contribution in [0, 0.1) is 5.92 Å². The molecule has 0 spiro atoms. The van der Waals surface area contributed by atoms with Gasteiger partial charge in [0.15, 0.2) is 0 Å². The lowest BCUT2D eigenvalue weighted by molar-refractivity contribution is -0.125. The number of ketones is 1. The molecular weight excluding hydrogens is 438 g/mol. The van der Waals surface area contributed by atoms with Crippen LogP contribution in [0.1, 0.15) is 52.5 Å². The second kappa shape index (κ2) is 11.0. The van der Waals surface area contributed by atoms with Crippen molar-refractivity contribution in [2.45, 2.75) is 66.1 Å². The topological polar surface area (TPSA) is 80.1 Å². The molecule has 4 rings (SSSR count). The zero-order valence-electron chi connectivity index (χ0n) is 21.1. The first-order valence-corrected chi connectivity index (χ1v) is 12.5. The number of carbonyl (C=O) groups is 2. The Kier molecular flexibility index (Phi) is 7.76. The minimum Gasteiger partial charge on any atom is -0.314 e. The molecule has 1 aliphatic rings. The van der Waals surface area contributed by atoms with E-state index in [4.69, 9.17) is 0 Å². The summed E-state index contributed by atoms with van der Waals surface area (Å²) in [6, 6.07) is 16.5. The Morgan fingerprint density at radius 1 is 0.971 bits per heavy atom. The van der Waals surface area contributed by atoms with Gasteiger partial charge in [-0.1, -0.05) is 75.4 Å². The number of hydrogen-bond donors (Lipinski definition) is 1. The molecule has 0 saturated heterocycles. The van der Waals surface area contributed by atoms with Gasteiger partial charge in [-0.2, -0.15) is 0 Å². The van der Waals surface area contributed by atoms with Crippen LogP contribution in [0.4, 0.5) is 5.69 Å². The van der Waals surface area contributed by atoms with Crippen LogP contribution in [-0.4, -0.2) is 39.3 Å². The molecule has 2 aromatic carbocycles. The van der Waals surface area contributed by atoms with Crippen molar-refractivity contribution in [2.75, 3.05) is 11.4 Å². The normalized spacial score (nSPS) is 12.7. The zero-order valence-corrected chi connectivity index (χ0v) is 21.1. The largest absolute Gasteiger partial charge is 0.314 e. The third-order valence-corrected chi connectivity index (χ3v) is 6.42. The molecule has 0 atom stereocenters. The predicted octanol–water partition coefficient (Wildman–Crippen LogP) is 4.85. The highest BCUT2D eigenvalue weighted by Gasteiger charge is 2.29. The van der Waals surface area contributed by atoms with Crippen molar-refractivity contribution in [3.05, 3.63) is 54.1 Å². The second-order valence-electron chi connectivity index (χ2n) is 9.75. The smallest absolute Gasteiger partial charge is 0.227 e. The first-order valence-electron chi connectivity index (χ1n) is 12.5. The monoisotopic (exact) mass is 473 g/mol. The summed E-state index contributed by atoms with van der Waals surface area (Å²) < 4.78 is 1.99. The maximum atomic E-state index is 13.4. The maximum absolute atomic E-state index is 13.4. The molecule has 0 aliphatic carbocycles. The lowest BCUT2D eigenvalue weighted by atomic mass is 9.95. The van der Waals surface area contributed by atoms with Crippen molar-refractivity contribution < 1.29 is 9.59 Å². The summed E-state index contributed by atoms with van der Waals surface area (Å²) in [6.07, 6.45) is 1.38. The van der Waals surface area contributed by atoms with E-state index in [1.165, 1.54) is 0 Å². The van der Waals surface area contributed by atoms with E-state index in [9.17, 15) is 9.59 Å². The molecule has 0 unspecified atom stereocenters. The van der Waals surface area contributed by atoms with Gasteiger partial charge in [0.05, 0.1) is 17.9 Å². The Bertz CT molecular complexity index is 1200. The summed E-state index contributed by atoms with van der Waals surface area (Å²) in [5.74, 6) is -0.0235. The molecular formula is C28H35N5O2. The summed E-state index contributed by atoms with van der Waals surface area (Å²) in [4.78, 5) is 27.4. The third-order valence-electron chi connectivity index (χ3n) is 6.42. The molecule has 0 saturated carbocycles. The molecule has 1 aliphatic heterocycles. The average Bonchev–Trinajstić information content (AvgIpc) is 3.25. The molecule has 7 heteroatoms. The number of benzene rings is 2. The van der Waals surface area contributed by atoms with Gasteiger partial charge in [-0.25, -0.2) is 4.68 Å². The van der Waals surface area contributed by atoms with Gasteiger partial charge in [0.1, 0.15) is 11.5 Å². The van der Waals surface area contributed by atoms with Gasteiger partial charge in [-0.3, -0.25) is 9.59 Å². The second-order valence-corrected chi connectivity index (χ2v) is 9.75. The van der Waals surface area contributed by atoms with Crippen molar-refractivity contribution >= 4 is 17.4 Å². The highest BCUT2D eigenvalue weighted by atomic mass is 16.2. The molecule has 3 aromatic rings. The molecule has 184 valence electrons. The van der Waals surface area contributed by atoms with Crippen molar-refractivity contribution in [3.63, 3.8) is 0 Å². The van der Waals surface area contributed by atoms with E-state index < -0.39 is 0 Å². The molecule has 0 fully saturated rings. The van der Waals surface area contributed by atoms with Gasteiger partial charge in [0.2, 0.25) is 5.91 Å². The van der Waals surface area contributed by atoms with Gasteiger partial charge in [-0.15, -0.1) is 5.10 Å². The van der Waals surface area contributed by atoms with Crippen LogP contribution < -0.4 is 10.2 Å². The van der Waals surface area contributed by atoms with Gasteiger partial charge in [0, 0.05) is 42.5 Å². The highest BCUT2D eigenvalue weighted by molar-refractivity contribution is 6.01. The number of nitrogens with one attached hydrogen (secondary N) is 1. The lowest BCUT2D eigenvalue weighted by Gasteiger charge is -2.28. The first-order chi connectivity index (χ1) is 16.9. The highest BCUT2D eigenvalue weighted by Crippen LogP contribution is 2.41. The van der Waals surface area contributed by atoms with E-state index in [-0.39, 0.29) is 30.4 Å². The van der Waals surface area contributed by atoms with Crippen molar-refractivity contribution in [2.24, 2.45) is 5.92 Å². The number of anilines is 1. The summed E-state index contributed by atoms with van der Waals surface area (Å²) >= 11 is 0. The van der Waals surface area contributed by atoms with Gasteiger partial charge >= 0.3 is 0 Å². The van der Waals surface area contributed by atoms with E-state index in [1.54, 1.807) is 4.90 Å². The van der Waals surface area contributed by atoms with Gasteiger partial charge < -0.3 is 10.2 Å². The predicted molar refractivity (Wildman–Crippen MR) is 139 cm³/mol. The fraction of sp³-hybridized carbons (Fsp3) is 0.429. The molecule has 1 amide bonds. The van der Waals surface area contributed by atoms with Gasteiger partial charge in [0.25, 0.3) is 0 Å². The number of Topliss-reactive ketones (excluding diaryl/α,β-unsaturated/α-hetero) is 1. The summed E-state index contributed by atoms with van der Waals surface area (Å²) in [7, 11) is 0. The number of hydrogen-bond acceptors (Lipinski definition) is 5. The minimum absolute atomic E-state index is 0.0585. The van der Waals surface area contributed by atoms with Crippen LogP contribution in [-0.2, 0) is 22.7 Å². The Balaban J connectivity index is 1.74. The van der Waals surface area contributed by atoms with E-state index in [0.717, 1.165) is 53.3 Å². The minimum atomic E-state index is -0.0727. The SMILES string of the molecule is CC(C)NCCCn1nnc2c1-c1ccccc1CN(C(=O)CCC(=O)C(C)C)c1ccccc1-2. The van der Waals surface area contributed by atoms with Crippen molar-refractivity contribution in [1.29, 1.82) is 0 Å². The Hall–Kier alpha value is -3.32. The van der Waals surface area contributed by atoms with Crippen LogP contribution in [0.3, 0.4) is 0 Å². The number of para-hydroxylation sites is 1. The Morgan fingerprint density at radius 3 is 2.43 bits per heavy atom. The molecule has 0 radical (unpaired) electrons. The van der Waals surface area contributed by atoms with Crippen molar-refractivity contribution in [1.82, 2.24) is 20.3 Å². The number of aryl methyl sites for hydroxylation is 1. The molecule has 7 nitrogen and oxygen atoms in total. The Morgan fingerprint density at radius 2 is 1.69 bits per heavy atom. The van der Waals surface area contributed by atoms with Crippen LogP contribution in [0.25, 0.3) is 22.5 Å². The number of nitrogens with zero attached hydrogens (tertiary/aromatic N) is 4. The average molecular weight is 474 g/mol. The fourth-order valence-electron chi connectivity index (χ4n) is 4.47. The molecule has 1 aromatic heterocycles. The van der Waals surface area contributed by atoms with Crippen LogP contribution in [0.5, 0.6) is 0 Å². The first kappa shape index (κ1) is 24.8. The standard InChI is InChI=1S/C28H35N5O2/c1-19(2)25(34)14-15-26(35)32-18-21-10-5-6-11-22(21)28-27(23-12-7-8-13-24(23)32)30-31-33(28)17-9-16-29-20(3)4/h5-8,10-13,19-20,29H,9,14-18H2,1-4H3. The fourth-order valence-corrected chi connectivity index (χ4v) is 4.47. The maximum Gasteiger partial charge on any atom is 0.227 e. The third kappa shape index (κ3) is 5.51. The van der Waals surface area contributed by atoms with E-state index in [2.05, 4.69) is 41.6 Å². The number of carbonyl (C=O) groups excluding carboxylic acids is 2. The van der Waals surface area contributed by atoms with Crippen molar-refractivity contribution in [3.8, 4) is 22.5 Å². The molecule has 2 heterocycles. The molecule has 1 N–H and O–H groups in total. The Labute approximate surface area is 207 Å². The number of rotatable bonds is 9. The van der Waals surface area contributed by atoms with E-state index >= 15 is 0 Å². The van der Waals surface area contributed by atoms with Gasteiger partial charge in [-0.05, 0) is 24.6 Å². The van der Waals surface area contributed by atoms with Crippen LogP contribution in [0.15, 0.2) is 48.5 Å². The van der Waals surface area contributed by atoms with E-state index in [1.807, 2.05) is 54.9 Å². The van der Waals surface area contributed by atoms with Crippen LogP contribution >= 0.6 is 0 Å². The zero-order chi connectivity index (χ0) is 24.9. The molecule has 0 bridgehead atoms. The lowest BCUT2D eigenvalue weighted by Crippen LogP contribution is -2.32. The summed E-state index contributed by atoms with van der Waals surface area (Å²) in [5.41, 5.74) is 5.52. The number of amides is 1. The van der Waals surface area contributed by atoms with Crippen LogP contribution in [0.2, 0.25) is 0 Å². The molecule has 35 heavy (non-hydrogen) atoms.